The Morgan fingerprint density at radius 2 is 1.78 bits per heavy atom. The largest absolute Gasteiger partial charge is 0.322 e. The van der Waals surface area contributed by atoms with E-state index >= 15 is 0 Å². The fourth-order valence-electron chi connectivity index (χ4n) is 3.31. The minimum absolute atomic E-state index is 0.0271. The zero-order valence-corrected chi connectivity index (χ0v) is 16.6. The topological polar surface area (TPSA) is 66.5 Å². The standard InChI is InChI=1S/C21H26N2O3S/c1-16(2)18-10-8-17(9-11-18)14-23(20-12-13-27(25,26)15-20)21(24)22-19-6-4-3-5-7-19/h3-11,16,20H,12-15H2,1-2H3,(H,22,24). The average Bonchev–Trinajstić information content (AvgIpc) is 3.00. The van der Waals surface area contributed by atoms with Gasteiger partial charge in [-0.25, -0.2) is 13.2 Å². The summed E-state index contributed by atoms with van der Waals surface area (Å²) < 4.78 is 23.9. The highest BCUT2D eigenvalue weighted by Crippen LogP contribution is 2.22. The predicted molar refractivity (Wildman–Crippen MR) is 109 cm³/mol. The number of urea groups is 1. The van der Waals surface area contributed by atoms with Crippen LogP contribution >= 0.6 is 0 Å². The maximum Gasteiger partial charge on any atom is 0.322 e. The third kappa shape index (κ3) is 5.10. The van der Waals surface area contributed by atoms with Gasteiger partial charge in [0.25, 0.3) is 0 Å². The molecule has 144 valence electrons. The average molecular weight is 387 g/mol. The van der Waals surface area contributed by atoms with Crippen LogP contribution in [0.3, 0.4) is 0 Å². The lowest BCUT2D eigenvalue weighted by atomic mass is 10.0. The number of anilines is 1. The van der Waals surface area contributed by atoms with E-state index in [0.29, 0.717) is 24.6 Å². The number of carbonyl (C=O) groups is 1. The monoisotopic (exact) mass is 386 g/mol. The van der Waals surface area contributed by atoms with Gasteiger partial charge in [0.05, 0.1) is 11.5 Å². The first kappa shape index (κ1) is 19.4. The van der Waals surface area contributed by atoms with Crippen molar-refractivity contribution >= 4 is 21.6 Å². The fraction of sp³-hybridized carbons (Fsp3) is 0.381. The molecule has 1 saturated heterocycles. The normalized spacial score (nSPS) is 18.4. The Bertz CT molecular complexity index is 877. The lowest BCUT2D eigenvalue weighted by Crippen LogP contribution is -2.43. The summed E-state index contributed by atoms with van der Waals surface area (Å²) in [7, 11) is -3.08. The molecule has 1 aliphatic heterocycles. The maximum atomic E-state index is 12.9. The van der Waals surface area contributed by atoms with Crippen LogP contribution in [0.5, 0.6) is 0 Å². The number of nitrogens with one attached hydrogen (secondary N) is 1. The SMILES string of the molecule is CC(C)c1ccc(CN(C(=O)Nc2ccccc2)C2CCS(=O)(=O)C2)cc1. The Labute approximate surface area is 161 Å². The third-order valence-corrected chi connectivity index (χ3v) is 6.68. The Morgan fingerprint density at radius 3 is 2.33 bits per heavy atom. The first-order chi connectivity index (χ1) is 12.8. The summed E-state index contributed by atoms with van der Waals surface area (Å²) in [6, 6.07) is 16.8. The van der Waals surface area contributed by atoms with E-state index in [0.717, 1.165) is 5.56 Å². The zero-order chi connectivity index (χ0) is 19.4. The molecule has 0 bridgehead atoms. The van der Waals surface area contributed by atoms with Crippen LogP contribution < -0.4 is 5.32 Å². The van der Waals surface area contributed by atoms with Crippen molar-refractivity contribution in [3.63, 3.8) is 0 Å². The van der Waals surface area contributed by atoms with E-state index in [4.69, 9.17) is 0 Å². The quantitative estimate of drug-likeness (QED) is 0.844. The van der Waals surface area contributed by atoms with Crippen molar-refractivity contribution in [3.8, 4) is 0 Å². The second-order valence-electron chi connectivity index (χ2n) is 7.38. The molecule has 0 saturated carbocycles. The number of carbonyl (C=O) groups excluding carboxylic acids is 1. The molecule has 1 aliphatic rings. The van der Waals surface area contributed by atoms with E-state index in [1.54, 1.807) is 4.90 Å². The minimum atomic E-state index is -3.08. The van der Waals surface area contributed by atoms with Crippen molar-refractivity contribution in [3.05, 3.63) is 65.7 Å². The van der Waals surface area contributed by atoms with Gasteiger partial charge in [0.15, 0.2) is 9.84 Å². The molecule has 1 unspecified atom stereocenters. The van der Waals surface area contributed by atoms with E-state index in [9.17, 15) is 13.2 Å². The van der Waals surface area contributed by atoms with Crippen molar-refractivity contribution in [2.45, 2.75) is 38.8 Å². The summed E-state index contributed by atoms with van der Waals surface area (Å²) in [4.78, 5) is 14.6. The van der Waals surface area contributed by atoms with Crippen LogP contribution in [0.1, 0.15) is 37.3 Å². The molecular formula is C21H26N2O3S. The second kappa shape index (κ2) is 8.13. The summed E-state index contributed by atoms with van der Waals surface area (Å²) in [5.41, 5.74) is 2.93. The summed E-state index contributed by atoms with van der Waals surface area (Å²) in [5.74, 6) is 0.606. The first-order valence-corrected chi connectivity index (χ1v) is 11.1. The van der Waals surface area contributed by atoms with Gasteiger partial charge in [-0.1, -0.05) is 56.3 Å². The number of amides is 2. The summed E-state index contributed by atoms with van der Waals surface area (Å²) >= 11 is 0. The number of benzene rings is 2. The lowest BCUT2D eigenvalue weighted by Gasteiger charge is -2.28. The van der Waals surface area contributed by atoms with Crippen molar-refractivity contribution < 1.29 is 13.2 Å². The molecule has 1 N–H and O–H groups in total. The molecule has 1 heterocycles. The van der Waals surface area contributed by atoms with Crippen LogP contribution in [-0.2, 0) is 16.4 Å². The first-order valence-electron chi connectivity index (χ1n) is 9.26. The molecule has 0 aromatic heterocycles. The number of sulfone groups is 1. The van der Waals surface area contributed by atoms with Gasteiger partial charge < -0.3 is 10.2 Å². The molecule has 1 fully saturated rings. The zero-order valence-electron chi connectivity index (χ0n) is 15.8. The number of nitrogens with zero attached hydrogens (tertiary/aromatic N) is 1. The molecular weight excluding hydrogens is 360 g/mol. The highest BCUT2D eigenvalue weighted by atomic mass is 32.2. The van der Waals surface area contributed by atoms with Crippen LogP contribution in [0, 0.1) is 0 Å². The van der Waals surface area contributed by atoms with Crippen molar-refractivity contribution in [2.24, 2.45) is 0 Å². The van der Waals surface area contributed by atoms with Crippen molar-refractivity contribution in [1.82, 2.24) is 4.90 Å². The van der Waals surface area contributed by atoms with E-state index in [2.05, 4.69) is 31.3 Å². The molecule has 0 radical (unpaired) electrons. The van der Waals surface area contributed by atoms with Crippen LogP contribution in [0.25, 0.3) is 0 Å². The molecule has 27 heavy (non-hydrogen) atoms. The molecule has 2 aromatic carbocycles. The van der Waals surface area contributed by atoms with Gasteiger partial charge in [-0.05, 0) is 35.6 Å². The van der Waals surface area contributed by atoms with E-state index in [1.165, 1.54) is 5.56 Å². The Hall–Kier alpha value is -2.34. The molecule has 6 heteroatoms. The Balaban J connectivity index is 1.80. The molecule has 5 nitrogen and oxygen atoms in total. The Morgan fingerprint density at radius 1 is 1.11 bits per heavy atom. The summed E-state index contributed by atoms with van der Waals surface area (Å²) in [6.07, 6.45) is 0.481. The van der Waals surface area contributed by atoms with E-state index in [1.807, 2.05) is 42.5 Å². The fourth-order valence-corrected chi connectivity index (χ4v) is 5.04. The van der Waals surface area contributed by atoms with Crippen LogP contribution in [0.15, 0.2) is 54.6 Å². The Kier molecular flexibility index (Phi) is 5.85. The van der Waals surface area contributed by atoms with E-state index in [-0.39, 0.29) is 23.6 Å². The number of para-hydroxylation sites is 1. The molecule has 3 rings (SSSR count). The highest BCUT2D eigenvalue weighted by Gasteiger charge is 2.34. The van der Waals surface area contributed by atoms with Crippen LogP contribution in [-0.4, -0.2) is 36.9 Å². The molecule has 0 aliphatic carbocycles. The van der Waals surface area contributed by atoms with Crippen LogP contribution in [0.4, 0.5) is 10.5 Å². The summed E-state index contributed by atoms with van der Waals surface area (Å²) in [6.45, 7) is 4.66. The van der Waals surface area contributed by atoms with Gasteiger partial charge in [0.2, 0.25) is 0 Å². The summed E-state index contributed by atoms with van der Waals surface area (Å²) in [5, 5.41) is 2.89. The van der Waals surface area contributed by atoms with Crippen LogP contribution in [0.2, 0.25) is 0 Å². The van der Waals surface area contributed by atoms with Gasteiger partial charge >= 0.3 is 6.03 Å². The van der Waals surface area contributed by atoms with Gasteiger partial charge in [-0.15, -0.1) is 0 Å². The molecule has 2 aromatic rings. The second-order valence-corrected chi connectivity index (χ2v) is 9.61. The number of hydrogen-bond donors (Lipinski definition) is 1. The number of rotatable bonds is 5. The molecule has 2 amide bonds. The number of hydrogen-bond acceptors (Lipinski definition) is 3. The van der Waals surface area contributed by atoms with Crippen molar-refractivity contribution in [2.75, 3.05) is 16.8 Å². The highest BCUT2D eigenvalue weighted by molar-refractivity contribution is 7.91. The smallest absolute Gasteiger partial charge is 0.316 e. The molecule has 0 spiro atoms. The molecule has 1 atom stereocenters. The minimum Gasteiger partial charge on any atom is -0.316 e. The van der Waals surface area contributed by atoms with Crippen molar-refractivity contribution in [1.29, 1.82) is 0 Å². The third-order valence-electron chi connectivity index (χ3n) is 4.93. The van der Waals surface area contributed by atoms with Gasteiger partial charge in [0, 0.05) is 18.3 Å². The lowest BCUT2D eigenvalue weighted by molar-refractivity contribution is 0.190. The maximum absolute atomic E-state index is 12.9. The van der Waals surface area contributed by atoms with Gasteiger partial charge in [0.1, 0.15) is 0 Å². The van der Waals surface area contributed by atoms with Gasteiger partial charge in [-0.3, -0.25) is 0 Å². The van der Waals surface area contributed by atoms with Gasteiger partial charge in [-0.2, -0.15) is 0 Å². The predicted octanol–water partition coefficient (Wildman–Crippen LogP) is 4.03. The van der Waals surface area contributed by atoms with E-state index < -0.39 is 9.84 Å².